The van der Waals surface area contributed by atoms with Gasteiger partial charge in [-0.15, -0.1) is 0 Å². The van der Waals surface area contributed by atoms with Gasteiger partial charge in [0.25, 0.3) is 0 Å². The van der Waals surface area contributed by atoms with Crippen molar-refractivity contribution in [2.24, 2.45) is 0 Å². The van der Waals surface area contributed by atoms with Crippen LogP contribution in [0.3, 0.4) is 0 Å². The van der Waals surface area contributed by atoms with Crippen LogP contribution in [0.1, 0.15) is 51.9 Å². The molecule has 1 aliphatic rings. The molecule has 1 fully saturated rings. The summed E-state index contributed by atoms with van der Waals surface area (Å²) in [4.78, 5) is 2.46. The quantitative estimate of drug-likeness (QED) is 0.608. The van der Waals surface area contributed by atoms with E-state index in [0.29, 0.717) is 6.04 Å². The fraction of sp³-hybridized carbons (Fsp3) is 1.00. The van der Waals surface area contributed by atoms with Crippen molar-refractivity contribution in [2.45, 2.75) is 57.9 Å². The molecular formula is C15H32N2O. The van der Waals surface area contributed by atoms with E-state index in [9.17, 15) is 0 Å². The van der Waals surface area contributed by atoms with Crippen LogP contribution in [0, 0.1) is 0 Å². The van der Waals surface area contributed by atoms with E-state index in [1.54, 1.807) is 0 Å². The van der Waals surface area contributed by atoms with Crippen molar-refractivity contribution in [1.29, 1.82) is 0 Å². The minimum Gasteiger partial charge on any atom is -0.380 e. The summed E-state index contributed by atoms with van der Waals surface area (Å²) < 4.78 is 5.81. The van der Waals surface area contributed by atoms with E-state index < -0.39 is 0 Å². The van der Waals surface area contributed by atoms with Crippen molar-refractivity contribution >= 4 is 0 Å². The number of nitrogens with zero attached hydrogens (tertiary/aromatic N) is 1. The molecule has 1 unspecified atom stereocenters. The Morgan fingerprint density at radius 3 is 2.78 bits per heavy atom. The van der Waals surface area contributed by atoms with Gasteiger partial charge in [0.1, 0.15) is 0 Å². The number of rotatable bonds is 10. The lowest BCUT2D eigenvalue weighted by molar-refractivity contribution is 0.0512. The normalized spacial score (nSPS) is 21.3. The second kappa shape index (κ2) is 10.8. The van der Waals surface area contributed by atoms with E-state index in [-0.39, 0.29) is 0 Å². The molecule has 0 aromatic heterocycles. The molecule has 0 aromatic carbocycles. The Hall–Kier alpha value is -0.120. The molecule has 3 heteroatoms. The highest BCUT2D eigenvalue weighted by Gasteiger charge is 2.18. The van der Waals surface area contributed by atoms with Gasteiger partial charge in [-0.1, -0.05) is 26.2 Å². The first-order valence-electron chi connectivity index (χ1n) is 7.83. The van der Waals surface area contributed by atoms with E-state index >= 15 is 0 Å². The lowest BCUT2D eigenvalue weighted by Crippen LogP contribution is -2.39. The third-order valence-corrected chi connectivity index (χ3v) is 3.87. The molecule has 0 amide bonds. The van der Waals surface area contributed by atoms with Crippen LogP contribution in [0.25, 0.3) is 0 Å². The highest BCUT2D eigenvalue weighted by molar-refractivity contribution is 4.73. The van der Waals surface area contributed by atoms with Crippen molar-refractivity contribution in [3.05, 3.63) is 0 Å². The van der Waals surface area contributed by atoms with Gasteiger partial charge in [0.05, 0.1) is 6.61 Å². The first kappa shape index (κ1) is 15.9. The van der Waals surface area contributed by atoms with Gasteiger partial charge >= 0.3 is 0 Å². The molecule has 3 nitrogen and oxygen atoms in total. The number of piperidine rings is 1. The molecule has 1 saturated heterocycles. The first-order valence-corrected chi connectivity index (χ1v) is 7.83. The van der Waals surface area contributed by atoms with Gasteiger partial charge in [0.15, 0.2) is 0 Å². The first-order chi connectivity index (χ1) is 8.84. The fourth-order valence-corrected chi connectivity index (χ4v) is 2.56. The number of unbranched alkanes of at least 4 members (excludes halogenated alkanes) is 3. The molecule has 1 rings (SSSR count). The molecule has 0 saturated carbocycles. The summed E-state index contributed by atoms with van der Waals surface area (Å²) >= 11 is 0. The van der Waals surface area contributed by atoms with Crippen LogP contribution in [-0.2, 0) is 4.74 Å². The Morgan fingerprint density at radius 2 is 2.00 bits per heavy atom. The zero-order valence-electron chi connectivity index (χ0n) is 12.4. The van der Waals surface area contributed by atoms with Crippen LogP contribution in [0.4, 0.5) is 0 Å². The smallest absolute Gasteiger partial charge is 0.0621 e. The molecule has 1 atom stereocenters. The summed E-state index contributed by atoms with van der Waals surface area (Å²) in [6.45, 7) is 7.57. The second-order valence-corrected chi connectivity index (χ2v) is 5.47. The van der Waals surface area contributed by atoms with Crippen molar-refractivity contribution < 1.29 is 4.74 Å². The number of ether oxygens (including phenoxy) is 1. The molecule has 0 aromatic rings. The van der Waals surface area contributed by atoms with Gasteiger partial charge in [-0.2, -0.15) is 0 Å². The number of hydrogen-bond acceptors (Lipinski definition) is 3. The van der Waals surface area contributed by atoms with Crippen LogP contribution in [-0.4, -0.2) is 50.8 Å². The van der Waals surface area contributed by atoms with Gasteiger partial charge in [-0.05, 0) is 52.4 Å². The van der Waals surface area contributed by atoms with Gasteiger partial charge in [0, 0.05) is 12.6 Å². The molecule has 0 aliphatic carbocycles. The number of hydrogen-bond donors (Lipinski definition) is 1. The lowest BCUT2D eigenvalue weighted by Gasteiger charge is -2.32. The Labute approximate surface area is 113 Å². The monoisotopic (exact) mass is 256 g/mol. The third kappa shape index (κ3) is 7.34. The molecule has 1 aliphatic heterocycles. The number of likely N-dealkylation sites (N-methyl/N-ethyl adjacent to an activating group) is 1. The predicted octanol–water partition coefficient (Wildman–Crippen LogP) is 2.66. The Balaban J connectivity index is 1.83. The number of likely N-dealkylation sites (tertiary alicyclic amines) is 1. The Bertz CT molecular complexity index is 187. The highest BCUT2D eigenvalue weighted by atomic mass is 16.5. The highest BCUT2D eigenvalue weighted by Crippen LogP contribution is 2.15. The minimum absolute atomic E-state index is 0.674. The molecule has 0 radical (unpaired) electrons. The van der Waals surface area contributed by atoms with Crippen LogP contribution in [0.2, 0.25) is 0 Å². The van der Waals surface area contributed by atoms with Crippen molar-refractivity contribution in [2.75, 3.05) is 39.9 Å². The predicted molar refractivity (Wildman–Crippen MR) is 78.1 cm³/mol. The summed E-state index contributed by atoms with van der Waals surface area (Å²) in [7, 11) is 2.23. The molecule has 0 bridgehead atoms. The topological polar surface area (TPSA) is 24.5 Å². The van der Waals surface area contributed by atoms with Crippen LogP contribution >= 0.6 is 0 Å². The molecule has 18 heavy (non-hydrogen) atoms. The second-order valence-electron chi connectivity index (χ2n) is 5.47. The van der Waals surface area contributed by atoms with Gasteiger partial charge in [0.2, 0.25) is 0 Å². The Kier molecular flexibility index (Phi) is 9.54. The Morgan fingerprint density at radius 1 is 1.17 bits per heavy atom. The van der Waals surface area contributed by atoms with Crippen LogP contribution in [0.15, 0.2) is 0 Å². The average Bonchev–Trinajstić information content (AvgIpc) is 2.39. The zero-order chi connectivity index (χ0) is 13.1. The zero-order valence-corrected chi connectivity index (χ0v) is 12.4. The molecule has 0 spiro atoms. The third-order valence-electron chi connectivity index (χ3n) is 3.87. The summed E-state index contributed by atoms with van der Waals surface area (Å²) in [6, 6.07) is 0.674. The van der Waals surface area contributed by atoms with Crippen molar-refractivity contribution in [3.63, 3.8) is 0 Å². The van der Waals surface area contributed by atoms with E-state index in [2.05, 4.69) is 24.2 Å². The fourth-order valence-electron chi connectivity index (χ4n) is 2.56. The SMILES string of the molecule is CCNCCCCCCOCC1CCCCN1C. The largest absolute Gasteiger partial charge is 0.380 e. The summed E-state index contributed by atoms with van der Waals surface area (Å²) in [6.07, 6.45) is 9.23. The summed E-state index contributed by atoms with van der Waals surface area (Å²) in [5, 5.41) is 3.36. The van der Waals surface area contributed by atoms with E-state index in [0.717, 1.165) is 19.8 Å². The average molecular weight is 256 g/mol. The molecule has 1 N–H and O–H groups in total. The van der Waals surface area contributed by atoms with Crippen LogP contribution < -0.4 is 5.32 Å². The van der Waals surface area contributed by atoms with Gasteiger partial charge in [-0.3, -0.25) is 0 Å². The van der Waals surface area contributed by atoms with Crippen LogP contribution in [0.5, 0.6) is 0 Å². The minimum atomic E-state index is 0.674. The number of nitrogens with one attached hydrogen (secondary N) is 1. The van der Waals surface area contributed by atoms with Crippen molar-refractivity contribution in [3.8, 4) is 0 Å². The maximum absolute atomic E-state index is 5.81. The van der Waals surface area contributed by atoms with Crippen molar-refractivity contribution in [1.82, 2.24) is 10.2 Å². The van der Waals surface area contributed by atoms with Gasteiger partial charge in [-0.25, -0.2) is 0 Å². The standard InChI is InChI=1S/C15H32N2O/c1-3-16-11-7-4-5-9-13-18-14-15-10-6-8-12-17(15)2/h15-16H,3-14H2,1-2H3. The van der Waals surface area contributed by atoms with Gasteiger partial charge < -0.3 is 15.0 Å². The molecule has 1 heterocycles. The van der Waals surface area contributed by atoms with E-state index in [4.69, 9.17) is 4.74 Å². The lowest BCUT2D eigenvalue weighted by atomic mass is 10.0. The molecule has 108 valence electrons. The van der Waals surface area contributed by atoms with E-state index in [1.165, 1.54) is 58.0 Å². The van der Waals surface area contributed by atoms with E-state index in [1.807, 2.05) is 0 Å². The maximum atomic E-state index is 5.81. The summed E-state index contributed by atoms with van der Waals surface area (Å²) in [5.41, 5.74) is 0. The maximum Gasteiger partial charge on any atom is 0.0621 e. The summed E-state index contributed by atoms with van der Waals surface area (Å²) in [5.74, 6) is 0. The molecular weight excluding hydrogens is 224 g/mol.